The maximum atomic E-state index is 9.81. The Bertz CT molecular complexity index is 225. The Morgan fingerprint density at radius 3 is 2.82 bits per heavy atom. The number of aliphatic hydroxyl groups excluding tert-OH is 1. The second-order valence-corrected chi connectivity index (χ2v) is 5.29. The molecule has 0 bridgehead atoms. The fourth-order valence-corrected chi connectivity index (χ4v) is 3.11. The molecule has 0 aromatic rings. The molecule has 0 aromatic carbocycles. The van der Waals surface area contributed by atoms with Crippen molar-refractivity contribution in [1.29, 1.82) is 0 Å². The van der Waals surface area contributed by atoms with E-state index in [4.69, 9.17) is 9.47 Å². The van der Waals surface area contributed by atoms with Crippen LogP contribution in [0.2, 0.25) is 0 Å². The lowest BCUT2D eigenvalue weighted by atomic mass is 10.00. The molecule has 1 saturated carbocycles. The standard InChI is InChI=1S/C13H25NO3/c1-16-6-2-7-17-8-5-14-9-11-3-4-13(15)12(11)10-14/h11-13,15H,2-10H2,1H3. The fraction of sp³-hybridized carbons (Fsp3) is 1.00. The second kappa shape index (κ2) is 6.69. The number of hydrogen-bond donors (Lipinski definition) is 1. The van der Waals surface area contributed by atoms with Crippen LogP contribution < -0.4 is 0 Å². The summed E-state index contributed by atoms with van der Waals surface area (Å²) in [5.74, 6) is 1.27. The molecule has 4 nitrogen and oxygen atoms in total. The molecule has 1 saturated heterocycles. The number of fused-ring (bicyclic) bond motifs is 1. The van der Waals surface area contributed by atoms with Gasteiger partial charge in [0.05, 0.1) is 12.7 Å². The van der Waals surface area contributed by atoms with Crippen LogP contribution in [-0.2, 0) is 9.47 Å². The zero-order valence-corrected chi connectivity index (χ0v) is 10.8. The summed E-state index contributed by atoms with van der Waals surface area (Å²) in [4.78, 5) is 2.44. The molecule has 0 aromatic heterocycles. The zero-order valence-electron chi connectivity index (χ0n) is 10.8. The van der Waals surface area contributed by atoms with Crippen LogP contribution in [0, 0.1) is 11.8 Å². The third-order valence-electron chi connectivity index (χ3n) is 4.08. The van der Waals surface area contributed by atoms with E-state index in [1.807, 2.05) is 0 Å². The molecule has 0 amide bonds. The molecule has 1 heterocycles. The van der Waals surface area contributed by atoms with Gasteiger partial charge in [0.2, 0.25) is 0 Å². The molecule has 1 N–H and O–H groups in total. The van der Waals surface area contributed by atoms with Crippen LogP contribution in [0.25, 0.3) is 0 Å². The Balaban J connectivity index is 1.53. The van der Waals surface area contributed by atoms with Crippen molar-refractivity contribution in [3.05, 3.63) is 0 Å². The largest absolute Gasteiger partial charge is 0.393 e. The number of rotatable bonds is 7. The normalized spacial score (nSPS) is 33.2. The average molecular weight is 243 g/mol. The van der Waals surface area contributed by atoms with Crippen LogP contribution in [0.4, 0.5) is 0 Å². The lowest BCUT2D eigenvalue weighted by Gasteiger charge is -2.17. The molecule has 0 spiro atoms. The van der Waals surface area contributed by atoms with Gasteiger partial charge in [-0.15, -0.1) is 0 Å². The van der Waals surface area contributed by atoms with Gasteiger partial charge in [-0.05, 0) is 25.2 Å². The van der Waals surface area contributed by atoms with Crippen molar-refractivity contribution in [2.45, 2.75) is 25.4 Å². The van der Waals surface area contributed by atoms with E-state index < -0.39 is 0 Å². The highest BCUT2D eigenvalue weighted by molar-refractivity contribution is 4.93. The third-order valence-corrected chi connectivity index (χ3v) is 4.08. The van der Waals surface area contributed by atoms with E-state index >= 15 is 0 Å². The Hall–Kier alpha value is -0.160. The summed E-state index contributed by atoms with van der Waals surface area (Å²) >= 11 is 0. The molecular formula is C13H25NO3. The molecule has 3 atom stereocenters. The van der Waals surface area contributed by atoms with Gasteiger partial charge in [-0.3, -0.25) is 0 Å². The average Bonchev–Trinajstić information content (AvgIpc) is 2.86. The third kappa shape index (κ3) is 3.65. The minimum Gasteiger partial charge on any atom is -0.393 e. The molecule has 3 unspecified atom stereocenters. The number of ether oxygens (including phenoxy) is 2. The molecule has 1 aliphatic carbocycles. The molecule has 17 heavy (non-hydrogen) atoms. The van der Waals surface area contributed by atoms with Crippen molar-refractivity contribution in [2.75, 3.05) is 46.6 Å². The number of nitrogens with zero attached hydrogens (tertiary/aromatic N) is 1. The molecular weight excluding hydrogens is 218 g/mol. The molecule has 2 fully saturated rings. The Labute approximate surface area is 104 Å². The quantitative estimate of drug-likeness (QED) is 0.670. The first-order valence-electron chi connectivity index (χ1n) is 6.78. The number of aliphatic hydroxyl groups is 1. The van der Waals surface area contributed by atoms with Crippen molar-refractivity contribution in [3.63, 3.8) is 0 Å². The van der Waals surface area contributed by atoms with Gasteiger partial charge in [-0.1, -0.05) is 0 Å². The minimum absolute atomic E-state index is 0.0485. The van der Waals surface area contributed by atoms with E-state index in [9.17, 15) is 5.11 Å². The summed E-state index contributed by atoms with van der Waals surface area (Å²) in [5, 5.41) is 9.81. The van der Waals surface area contributed by atoms with Crippen LogP contribution in [0.5, 0.6) is 0 Å². The predicted octanol–water partition coefficient (Wildman–Crippen LogP) is 0.742. The highest BCUT2D eigenvalue weighted by Gasteiger charge is 2.41. The van der Waals surface area contributed by atoms with E-state index in [-0.39, 0.29) is 6.10 Å². The van der Waals surface area contributed by atoms with E-state index in [0.717, 1.165) is 58.2 Å². The SMILES string of the molecule is COCCCOCCN1CC2CCC(O)C2C1. The van der Waals surface area contributed by atoms with Gasteiger partial charge < -0.3 is 19.5 Å². The van der Waals surface area contributed by atoms with E-state index in [2.05, 4.69) is 4.90 Å². The highest BCUT2D eigenvalue weighted by Crippen LogP contribution is 2.37. The van der Waals surface area contributed by atoms with Gasteiger partial charge in [0, 0.05) is 45.9 Å². The number of methoxy groups -OCH3 is 1. The van der Waals surface area contributed by atoms with Crippen LogP contribution in [0.3, 0.4) is 0 Å². The second-order valence-electron chi connectivity index (χ2n) is 5.29. The maximum Gasteiger partial charge on any atom is 0.0593 e. The topological polar surface area (TPSA) is 41.9 Å². The predicted molar refractivity (Wildman–Crippen MR) is 66.0 cm³/mol. The van der Waals surface area contributed by atoms with Crippen molar-refractivity contribution in [2.24, 2.45) is 11.8 Å². The Morgan fingerprint density at radius 2 is 2.06 bits per heavy atom. The first-order chi connectivity index (χ1) is 8.31. The van der Waals surface area contributed by atoms with E-state index in [1.54, 1.807) is 7.11 Å². The summed E-state index contributed by atoms with van der Waals surface area (Å²) in [6.07, 6.45) is 3.14. The summed E-state index contributed by atoms with van der Waals surface area (Å²) in [6.45, 7) is 5.60. The van der Waals surface area contributed by atoms with Gasteiger partial charge in [-0.25, -0.2) is 0 Å². The molecule has 0 radical (unpaired) electrons. The monoisotopic (exact) mass is 243 g/mol. The molecule has 2 aliphatic rings. The Kier molecular flexibility index (Phi) is 5.22. The highest BCUT2D eigenvalue weighted by atomic mass is 16.5. The molecule has 4 heteroatoms. The van der Waals surface area contributed by atoms with Gasteiger partial charge in [0.1, 0.15) is 0 Å². The van der Waals surface area contributed by atoms with Crippen LogP contribution in [-0.4, -0.2) is 62.7 Å². The lowest BCUT2D eigenvalue weighted by molar-refractivity contribution is 0.0821. The van der Waals surface area contributed by atoms with Gasteiger partial charge in [0.25, 0.3) is 0 Å². The Morgan fingerprint density at radius 1 is 1.18 bits per heavy atom. The van der Waals surface area contributed by atoms with Gasteiger partial charge >= 0.3 is 0 Å². The molecule has 1 aliphatic heterocycles. The zero-order chi connectivity index (χ0) is 12.1. The lowest BCUT2D eigenvalue weighted by Crippen LogP contribution is -2.28. The van der Waals surface area contributed by atoms with Crippen LogP contribution in [0.15, 0.2) is 0 Å². The smallest absolute Gasteiger partial charge is 0.0593 e. The molecule has 100 valence electrons. The summed E-state index contributed by atoms with van der Waals surface area (Å²) < 4.78 is 10.5. The maximum absolute atomic E-state index is 9.81. The van der Waals surface area contributed by atoms with Gasteiger partial charge in [-0.2, -0.15) is 0 Å². The van der Waals surface area contributed by atoms with Crippen molar-refractivity contribution in [1.82, 2.24) is 4.90 Å². The van der Waals surface area contributed by atoms with Crippen molar-refractivity contribution in [3.8, 4) is 0 Å². The van der Waals surface area contributed by atoms with Crippen molar-refractivity contribution < 1.29 is 14.6 Å². The van der Waals surface area contributed by atoms with E-state index in [0.29, 0.717) is 5.92 Å². The fourth-order valence-electron chi connectivity index (χ4n) is 3.11. The summed E-state index contributed by atoms with van der Waals surface area (Å²) in [5.41, 5.74) is 0. The summed E-state index contributed by atoms with van der Waals surface area (Å²) in [7, 11) is 1.72. The number of likely N-dealkylation sites (tertiary alicyclic amines) is 1. The minimum atomic E-state index is -0.0485. The van der Waals surface area contributed by atoms with Crippen molar-refractivity contribution >= 4 is 0 Å². The summed E-state index contributed by atoms with van der Waals surface area (Å²) in [6, 6.07) is 0. The van der Waals surface area contributed by atoms with Crippen LogP contribution in [0.1, 0.15) is 19.3 Å². The molecule has 2 rings (SSSR count). The first kappa shape index (κ1) is 13.3. The van der Waals surface area contributed by atoms with Crippen LogP contribution >= 0.6 is 0 Å². The van der Waals surface area contributed by atoms with Gasteiger partial charge in [0.15, 0.2) is 0 Å². The number of hydrogen-bond acceptors (Lipinski definition) is 4. The van der Waals surface area contributed by atoms with E-state index in [1.165, 1.54) is 6.42 Å². The first-order valence-corrected chi connectivity index (χ1v) is 6.78.